The maximum atomic E-state index is 11.6. The molecule has 1 saturated carbocycles. The third kappa shape index (κ3) is 3.11. The van der Waals surface area contributed by atoms with Gasteiger partial charge in [0.2, 0.25) is 5.91 Å². The summed E-state index contributed by atoms with van der Waals surface area (Å²) in [6.07, 6.45) is 2.14. The summed E-state index contributed by atoms with van der Waals surface area (Å²) in [6, 6.07) is 0.498. The van der Waals surface area contributed by atoms with Gasteiger partial charge in [0.05, 0.1) is 6.10 Å². The topological polar surface area (TPSA) is 50.4 Å². The molecule has 110 valence electrons. The van der Waals surface area contributed by atoms with Gasteiger partial charge in [-0.2, -0.15) is 0 Å². The quantitative estimate of drug-likeness (QED) is 0.768. The lowest BCUT2D eigenvalue weighted by Gasteiger charge is -2.55. The van der Waals surface area contributed by atoms with Gasteiger partial charge in [-0.25, -0.2) is 0 Å². The van der Waals surface area contributed by atoms with Gasteiger partial charge in [-0.1, -0.05) is 27.7 Å². The second kappa shape index (κ2) is 5.80. The van der Waals surface area contributed by atoms with Crippen molar-refractivity contribution in [3.63, 3.8) is 0 Å². The van der Waals surface area contributed by atoms with Crippen LogP contribution < -0.4 is 10.6 Å². The zero-order valence-corrected chi connectivity index (χ0v) is 12.7. The number of hydrogen-bond donors (Lipinski definition) is 2. The SMILES string of the molecule is CC(C)CNC(=O)CCNC1C2CCOC2C1(C)C. The highest BCUT2D eigenvalue weighted by atomic mass is 16.5. The second-order valence-electron chi connectivity index (χ2n) is 6.95. The van der Waals surface area contributed by atoms with Gasteiger partial charge in [-0.15, -0.1) is 0 Å². The van der Waals surface area contributed by atoms with E-state index in [1.54, 1.807) is 0 Å². The van der Waals surface area contributed by atoms with Crippen molar-refractivity contribution in [1.82, 2.24) is 10.6 Å². The van der Waals surface area contributed by atoms with E-state index in [1.807, 2.05) is 0 Å². The molecule has 4 nitrogen and oxygen atoms in total. The summed E-state index contributed by atoms with van der Waals surface area (Å²) in [7, 11) is 0. The summed E-state index contributed by atoms with van der Waals surface area (Å²) < 4.78 is 5.77. The summed E-state index contributed by atoms with van der Waals surface area (Å²) >= 11 is 0. The molecule has 2 fully saturated rings. The van der Waals surface area contributed by atoms with E-state index < -0.39 is 0 Å². The molecule has 1 amide bonds. The molecule has 1 aliphatic carbocycles. The number of rotatable bonds is 6. The zero-order valence-electron chi connectivity index (χ0n) is 12.7. The van der Waals surface area contributed by atoms with Gasteiger partial charge in [0, 0.05) is 43.5 Å². The largest absolute Gasteiger partial charge is 0.377 e. The molecule has 0 aromatic carbocycles. The number of fused-ring (bicyclic) bond motifs is 1. The first-order valence-corrected chi connectivity index (χ1v) is 7.54. The number of carbonyl (C=O) groups is 1. The minimum Gasteiger partial charge on any atom is -0.377 e. The van der Waals surface area contributed by atoms with Crippen molar-refractivity contribution in [2.45, 2.75) is 52.7 Å². The highest BCUT2D eigenvalue weighted by Crippen LogP contribution is 2.51. The lowest BCUT2D eigenvalue weighted by molar-refractivity contribution is -0.122. The molecular formula is C15H28N2O2. The Morgan fingerprint density at radius 1 is 1.42 bits per heavy atom. The van der Waals surface area contributed by atoms with Gasteiger partial charge in [0.25, 0.3) is 0 Å². The summed E-state index contributed by atoms with van der Waals surface area (Å²) in [4.78, 5) is 11.6. The molecule has 3 unspecified atom stereocenters. The van der Waals surface area contributed by atoms with Gasteiger partial charge in [0.1, 0.15) is 0 Å². The molecule has 2 rings (SSSR count). The van der Waals surface area contributed by atoms with E-state index in [-0.39, 0.29) is 11.3 Å². The van der Waals surface area contributed by atoms with E-state index in [1.165, 1.54) is 0 Å². The molecule has 0 bridgehead atoms. The van der Waals surface area contributed by atoms with Crippen LogP contribution in [0.15, 0.2) is 0 Å². The minimum absolute atomic E-state index is 0.151. The van der Waals surface area contributed by atoms with E-state index in [0.717, 1.165) is 26.1 Å². The summed E-state index contributed by atoms with van der Waals surface area (Å²) in [5, 5.41) is 6.51. The maximum absolute atomic E-state index is 11.6. The Labute approximate surface area is 116 Å². The first-order chi connectivity index (χ1) is 8.93. The first kappa shape index (κ1) is 14.8. The molecule has 0 radical (unpaired) electrons. The van der Waals surface area contributed by atoms with Gasteiger partial charge >= 0.3 is 0 Å². The Balaban J connectivity index is 1.67. The molecule has 1 saturated heterocycles. The van der Waals surface area contributed by atoms with Gasteiger partial charge in [-0.05, 0) is 12.3 Å². The monoisotopic (exact) mass is 268 g/mol. The minimum atomic E-state index is 0.151. The average molecular weight is 268 g/mol. The van der Waals surface area contributed by atoms with Crippen LogP contribution in [0.3, 0.4) is 0 Å². The standard InChI is InChI=1S/C15H28N2O2/c1-10(2)9-17-12(18)5-7-16-13-11-6-8-19-14(11)15(13,3)4/h10-11,13-14,16H,5-9H2,1-4H3,(H,17,18). The maximum Gasteiger partial charge on any atom is 0.221 e. The highest BCUT2D eigenvalue weighted by molar-refractivity contribution is 5.76. The summed E-state index contributed by atoms with van der Waals surface area (Å²) in [5.74, 6) is 1.31. The lowest BCUT2D eigenvalue weighted by Crippen LogP contribution is -2.66. The van der Waals surface area contributed by atoms with Crippen LogP contribution in [0.5, 0.6) is 0 Å². The third-order valence-electron chi connectivity index (χ3n) is 4.52. The van der Waals surface area contributed by atoms with Crippen molar-refractivity contribution >= 4 is 5.91 Å². The van der Waals surface area contributed by atoms with Crippen LogP contribution >= 0.6 is 0 Å². The van der Waals surface area contributed by atoms with Crippen molar-refractivity contribution in [2.75, 3.05) is 19.7 Å². The molecule has 0 aromatic heterocycles. The molecule has 2 aliphatic rings. The lowest BCUT2D eigenvalue weighted by atomic mass is 9.57. The Bertz CT molecular complexity index is 328. The molecule has 3 atom stereocenters. The van der Waals surface area contributed by atoms with E-state index in [4.69, 9.17) is 4.74 Å². The average Bonchev–Trinajstić information content (AvgIpc) is 2.78. The van der Waals surface area contributed by atoms with Gasteiger partial charge in [0.15, 0.2) is 0 Å². The normalized spacial score (nSPS) is 31.9. The molecule has 1 heterocycles. The molecule has 0 aromatic rings. The number of carbonyl (C=O) groups excluding carboxylic acids is 1. The molecule has 19 heavy (non-hydrogen) atoms. The number of ether oxygens (including phenoxy) is 1. The Morgan fingerprint density at radius 2 is 2.16 bits per heavy atom. The molecule has 4 heteroatoms. The van der Waals surface area contributed by atoms with Crippen LogP contribution in [0.25, 0.3) is 0 Å². The molecule has 0 spiro atoms. The fourth-order valence-electron chi connectivity index (χ4n) is 3.49. The first-order valence-electron chi connectivity index (χ1n) is 7.54. The van der Waals surface area contributed by atoms with Crippen molar-refractivity contribution in [3.8, 4) is 0 Å². The van der Waals surface area contributed by atoms with E-state index in [9.17, 15) is 4.79 Å². The number of amides is 1. The fourth-order valence-corrected chi connectivity index (χ4v) is 3.49. The fraction of sp³-hybridized carbons (Fsp3) is 0.933. The predicted octanol–water partition coefficient (Wildman–Crippen LogP) is 1.55. The van der Waals surface area contributed by atoms with Crippen LogP contribution in [0, 0.1) is 17.3 Å². The van der Waals surface area contributed by atoms with Gasteiger partial charge in [-0.3, -0.25) is 4.79 Å². The van der Waals surface area contributed by atoms with Crippen molar-refractivity contribution in [3.05, 3.63) is 0 Å². The van der Waals surface area contributed by atoms with Crippen LogP contribution in [0.1, 0.15) is 40.5 Å². The van der Waals surface area contributed by atoms with E-state index in [0.29, 0.717) is 30.4 Å². The Kier molecular flexibility index (Phi) is 4.51. The van der Waals surface area contributed by atoms with Crippen molar-refractivity contribution in [2.24, 2.45) is 17.3 Å². The Morgan fingerprint density at radius 3 is 2.84 bits per heavy atom. The second-order valence-corrected chi connectivity index (χ2v) is 6.95. The van der Waals surface area contributed by atoms with Crippen LogP contribution in [-0.4, -0.2) is 37.7 Å². The van der Waals surface area contributed by atoms with Crippen molar-refractivity contribution in [1.29, 1.82) is 0 Å². The van der Waals surface area contributed by atoms with Crippen molar-refractivity contribution < 1.29 is 9.53 Å². The highest BCUT2D eigenvalue weighted by Gasteiger charge is 2.58. The molecule has 1 aliphatic heterocycles. The predicted molar refractivity (Wildman–Crippen MR) is 75.9 cm³/mol. The number of nitrogens with one attached hydrogen (secondary N) is 2. The zero-order chi connectivity index (χ0) is 14.0. The summed E-state index contributed by atoms with van der Waals surface area (Å²) in [5.41, 5.74) is 0.204. The molecular weight excluding hydrogens is 240 g/mol. The summed E-state index contributed by atoms with van der Waals surface area (Å²) in [6.45, 7) is 11.2. The smallest absolute Gasteiger partial charge is 0.221 e. The van der Waals surface area contributed by atoms with Crippen LogP contribution in [0.4, 0.5) is 0 Å². The van der Waals surface area contributed by atoms with E-state index >= 15 is 0 Å². The van der Waals surface area contributed by atoms with Crippen LogP contribution in [0.2, 0.25) is 0 Å². The molecule has 2 N–H and O–H groups in total. The van der Waals surface area contributed by atoms with E-state index in [2.05, 4.69) is 38.3 Å². The number of hydrogen-bond acceptors (Lipinski definition) is 3. The van der Waals surface area contributed by atoms with Crippen LogP contribution in [-0.2, 0) is 9.53 Å². The van der Waals surface area contributed by atoms with Gasteiger partial charge < -0.3 is 15.4 Å². The Hall–Kier alpha value is -0.610. The third-order valence-corrected chi connectivity index (χ3v) is 4.52.